The Hall–Kier alpha value is -2.57. The highest BCUT2D eigenvalue weighted by atomic mass is 35.5. The van der Waals surface area contributed by atoms with Crippen LogP contribution in [0.25, 0.3) is 21.2 Å². The zero-order chi connectivity index (χ0) is 17.4. The van der Waals surface area contributed by atoms with Gasteiger partial charge < -0.3 is 9.15 Å². The average Bonchev–Trinajstić information content (AvgIpc) is 3.11. The highest BCUT2D eigenvalue weighted by molar-refractivity contribution is 7.19. The molecule has 2 aromatic heterocycles. The van der Waals surface area contributed by atoms with E-state index < -0.39 is 11.7 Å². The molecule has 0 saturated heterocycles. The molecule has 2 heterocycles. The first kappa shape index (κ1) is 15.9. The lowest BCUT2D eigenvalue weighted by molar-refractivity contribution is -0.145. The molecule has 4 rings (SSSR count). The van der Waals surface area contributed by atoms with Gasteiger partial charge in [-0.25, -0.2) is 4.79 Å². The van der Waals surface area contributed by atoms with E-state index in [1.807, 2.05) is 24.3 Å². The van der Waals surface area contributed by atoms with Crippen LogP contribution in [0.3, 0.4) is 0 Å². The second-order valence-corrected chi connectivity index (χ2v) is 6.93. The normalized spacial score (nSPS) is 11.2. The number of rotatable bonds is 4. The second-order valence-electron chi connectivity index (χ2n) is 5.42. The summed E-state index contributed by atoms with van der Waals surface area (Å²) in [4.78, 5) is 24.8. The molecule has 7 heteroatoms. The van der Waals surface area contributed by atoms with Gasteiger partial charge in [-0.05, 0) is 18.2 Å². The molecule has 4 aromatic rings. The molecule has 0 unspecified atom stereocenters. The van der Waals surface area contributed by atoms with Crippen LogP contribution in [0.2, 0.25) is 5.02 Å². The van der Waals surface area contributed by atoms with Crippen molar-refractivity contribution in [2.24, 2.45) is 0 Å². The number of ether oxygens (including phenoxy) is 1. The van der Waals surface area contributed by atoms with Gasteiger partial charge in [0.15, 0.2) is 5.58 Å². The summed E-state index contributed by atoms with van der Waals surface area (Å²) in [7, 11) is 0. The Bertz CT molecular complexity index is 1140. The molecule has 126 valence electrons. The fourth-order valence-corrected chi connectivity index (χ4v) is 4.04. The van der Waals surface area contributed by atoms with Crippen LogP contribution in [0.1, 0.15) is 4.88 Å². The predicted octanol–water partition coefficient (Wildman–Crippen LogP) is 4.21. The van der Waals surface area contributed by atoms with Crippen molar-refractivity contribution in [2.75, 3.05) is 0 Å². The number of nitrogens with zero attached hydrogens (tertiary/aromatic N) is 1. The van der Waals surface area contributed by atoms with Crippen molar-refractivity contribution < 1.29 is 13.9 Å². The molecule has 5 nitrogen and oxygen atoms in total. The Balaban J connectivity index is 1.51. The standard InChI is InChI=1S/C18H12ClNO4S/c19-17-11-5-1-4-8-14(11)25-15(17)10-23-16(21)9-20-12-6-2-3-7-13(12)24-18(20)22/h1-8H,9-10H2. The number of aromatic nitrogens is 1. The van der Waals surface area contributed by atoms with Crippen molar-refractivity contribution in [3.8, 4) is 0 Å². The molecule has 0 aliphatic heterocycles. The van der Waals surface area contributed by atoms with E-state index in [-0.39, 0.29) is 13.2 Å². The fourth-order valence-electron chi connectivity index (χ4n) is 2.64. The minimum Gasteiger partial charge on any atom is -0.459 e. The summed E-state index contributed by atoms with van der Waals surface area (Å²) in [6.45, 7) is -0.139. The molecular formula is C18H12ClNO4S. The molecule has 0 atom stereocenters. The molecule has 0 aliphatic carbocycles. The van der Waals surface area contributed by atoms with Gasteiger partial charge in [0, 0.05) is 10.1 Å². The van der Waals surface area contributed by atoms with E-state index in [0.29, 0.717) is 16.1 Å². The Labute approximate surface area is 151 Å². The number of hydrogen-bond acceptors (Lipinski definition) is 5. The van der Waals surface area contributed by atoms with E-state index in [1.54, 1.807) is 24.3 Å². The molecule has 0 radical (unpaired) electrons. The maximum atomic E-state index is 12.1. The minimum absolute atomic E-state index is 0.0710. The summed E-state index contributed by atoms with van der Waals surface area (Å²) < 4.78 is 12.7. The van der Waals surface area contributed by atoms with Gasteiger partial charge in [0.25, 0.3) is 0 Å². The molecule has 0 N–H and O–H groups in total. The van der Waals surface area contributed by atoms with Crippen LogP contribution in [0.15, 0.2) is 57.7 Å². The van der Waals surface area contributed by atoms with E-state index in [4.69, 9.17) is 20.8 Å². The zero-order valence-electron chi connectivity index (χ0n) is 12.9. The van der Waals surface area contributed by atoms with Gasteiger partial charge in [-0.15, -0.1) is 11.3 Å². The van der Waals surface area contributed by atoms with Gasteiger partial charge in [0.05, 0.1) is 15.4 Å². The maximum Gasteiger partial charge on any atom is 0.420 e. The second kappa shape index (κ2) is 6.38. The highest BCUT2D eigenvalue weighted by Gasteiger charge is 2.15. The van der Waals surface area contributed by atoms with Crippen LogP contribution < -0.4 is 5.76 Å². The van der Waals surface area contributed by atoms with Crippen LogP contribution in [-0.2, 0) is 22.7 Å². The van der Waals surface area contributed by atoms with E-state index in [0.717, 1.165) is 15.0 Å². The Morgan fingerprint density at radius 2 is 1.92 bits per heavy atom. The minimum atomic E-state index is -0.585. The van der Waals surface area contributed by atoms with Gasteiger partial charge in [-0.1, -0.05) is 41.9 Å². The molecule has 0 spiro atoms. The molecule has 25 heavy (non-hydrogen) atoms. The Morgan fingerprint density at radius 3 is 2.76 bits per heavy atom. The predicted molar refractivity (Wildman–Crippen MR) is 97.1 cm³/mol. The zero-order valence-corrected chi connectivity index (χ0v) is 14.5. The van der Waals surface area contributed by atoms with E-state index >= 15 is 0 Å². The molecule has 0 amide bonds. The van der Waals surface area contributed by atoms with Crippen LogP contribution in [0, 0.1) is 0 Å². The van der Waals surface area contributed by atoms with Gasteiger partial charge in [-0.2, -0.15) is 0 Å². The number of halogens is 1. The van der Waals surface area contributed by atoms with Crippen molar-refractivity contribution in [3.05, 3.63) is 69.0 Å². The number of hydrogen-bond donors (Lipinski definition) is 0. The number of fused-ring (bicyclic) bond motifs is 2. The first-order chi connectivity index (χ1) is 12.1. The molecular weight excluding hydrogens is 362 g/mol. The topological polar surface area (TPSA) is 61.4 Å². The maximum absolute atomic E-state index is 12.1. The highest BCUT2D eigenvalue weighted by Crippen LogP contribution is 2.35. The number of para-hydroxylation sites is 2. The van der Waals surface area contributed by atoms with Gasteiger partial charge in [0.1, 0.15) is 13.2 Å². The third kappa shape index (κ3) is 2.94. The number of esters is 1. The van der Waals surface area contributed by atoms with Crippen LogP contribution in [-0.4, -0.2) is 10.5 Å². The lowest BCUT2D eigenvalue weighted by atomic mass is 10.2. The quantitative estimate of drug-likeness (QED) is 0.503. The molecule has 0 saturated carbocycles. The van der Waals surface area contributed by atoms with Crippen molar-refractivity contribution in [2.45, 2.75) is 13.2 Å². The average molecular weight is 374 g/mol. The number of carbonyl (C=O) groups is 1. The lowest BCUT2D eigenvalue weighted by Crippen LogP contribution is -2.21. The summed E-state index contributed by atoms with van der Waals surface area (Å²) in [6.07, 6.45) is 0. The van der Waals surface area contributed by atoms with Gasteiger partial charge in [-0.3, -0.25) is 9.36 Å². The summed E-state index contributed by atoms with van der Waals surface area (Å²) >= 11 is 7.82. The summed E-state index contributed by atoms with van der Waals surface area (Å²) in [6, 6.07) is 14.7. The molecule has 0 aliphatic rings. The van der Waals surface area contributed by atoms with Crippen molar-refractivity contribution >= 4 is 50.1 Å². The molecule has 0 fully saturated rings. The lowest BCUT2D eigenvalue weighted by Gasteiger charge is -2.04. The molecule has 2 aromatic carbocycles. The third-order valence-electron chi connectivity index (χ3n) is 3.83. The van der Waals surface area contributed by atoms with Gasteiger partial charge >= 0.3 is 11.7 Å². The first-order valence-corrected chi connectivity index (χ1v) is 8.73. The van der Waals surface area contributed by atoms with Crippen LogP contribution in [0.4, 0.5) is 0 Å². The van der Waals surface area contributed by atoms with Crippen LogP contribution in [0.5, 0.6) is 0 Å². The summed E-state index contributed by atoms with van der Waals surface area (Å²) in [5.41, 5.74) is 0.997. The molecule has 0 bridgehead atoms. The smallest absolute Gasteiger partial charge is 0.420 e. The van der Waals surface area contributed by atoms with E-state index in [2.05, 4.69) is 0 Å². The summed E-state index contributed by atoms with van der Waals surface area (Å²) in [5.74, 6) is -1.11. The number of benzene rings is 2. The number of thiophene rings is 1. The number of carbonyl (C=O) groups excluding carboxylic acids is 1. The van der Waals surface area contributed by atoms with Crippen molar-refractivity contribution in [1.82, 2.24) is 4.57 Å². The van der Waals surface area contributed by atoms with Crippen molar-refractivity contribution in [1.29, 1.82) is 0 Å². The SMILES string of the molecule is O=C(Cn1c(=O)oc2ccccc21)OCc1sc2ccccc2c1Cl. The number of oxazole rings is 1. The Kier molecular flexibility index (Phi) is 4.07. The monoisotopic (exact) mass is 373 g/mol. The fraction of sp³-hybridized carbons (Fsp3) is 0.111. The van der Waals surface area contributed by atoms with E-state index in [9.17, 15) is 9.59 Å². The third-order valence-corrected chi connectivity index (χ3v) is 5.51. The Morgan fingerprint density at radius 1 is 1.16 bits per heavy atom. The largest absolute Gasteiger partial charge is 0.459 e. The van der Waals surface area contributed by atoms with Crippen LogP contribution >= 0.6 is 22.9 Å². The van der Waals surface area contributed by atoms with E-state index in [1.165, 1.54) is 15.9 Å². The van der Waals surface area contributed by atoms with Gasteiger partial charge in [0.2, 0.25) is 0 Å². The first-order valence-electron chi connectivity index (χ1n) is 7.53. The van der Waals surface area contributed by atoms with Crippen molar-refractivity contribution in [3.63, 3.8) is 0 Å². The summed E-state index contributed by atoms with van der Waals surface area (Å²) in [5, 5.41) is 1.54.